The summed E-state index contributed by atoms with van der Waals surface area (Å²) in [6, 6.07) is 13.9. The Hall–Kier alpha value is -3.41. The number of nitrogens with zero attached hydrogens (tertiary/aromatic N) is 1. The fourth-order valence-corrected chi connectivity index (χ4v) is 2.33. The van der Waals surface area contributed by atoms with Crippen LogP contribution in [0.2, 0.25) is 0 Å². The molecule has 2 aromatic carbocycles. The van der Waals surface area contributed by atoms with E-state index in [0.717, 1.165) is 5.56 Å². The summed E-state index contributed by atoms with van der Waals surface area (Å²) in [4.78, 5) is 36.1. The number of rotatable bonds is 7. The predicted molar refractivity (Wildman–Crippen MR) is 102 cm³/mol. The van der Waals surface area contributed by atoms with Gasteiger partial charge in [-0.25, -0.2) is 0 Å². The number of benzene rings is 2. The number of carbonyl (C=O) groups excluding carboxylic acids is 3. The molecule has 134 valence electrons. The summed E-state index contributed by atoms with van der Waals surface area (Å²) in [7, 11) is 1.64. The first-order valence-electron chi connectivity index (χ1n) is 8.09. The number of hydrogen-bond donors (Lipinski definition) is 2. The van der Waals surface area contributed by atoms with Crippen LogP contribution in [0, 0.1) is 0 Å². The number of nitrogens with two attached hydrogens (primary N) is 1. The van der Waals surface area contributed by atoms with Crippen LogP contribution < -0.4 is 16.0 Å². The lowest BCUT2D eigenvalue weighted by Crippen LogP contribution is -2.23. The summed E-state index contributed by atoms with van der Waals surface area (Å²) >= 11 is 0. The third-order valence-electron chi connectivity index (χ3n) is 3.89. The van der Waals surface area contributed by atoms with Gasteiger partial charge in [0.2, 0.25) is 11.8 Å². The highest BCUT2D eigenvalue weighted by molar-refractivity contribution is 6.05. The molecule has 6 nitrogen and oxygen atoms in total. The zero-order valence-corrected chi connectivity index (χ0v) is 14.6. The second kappa shape index (κ2) is 8.62. The monoisotopic (exact) mass is 351 g/mol. The van der Waals surface area contributed by atoms with E-state index in [1.165, 1.54) is 11.0 Å². The largest absolute Gasteiger partial charge is 0.370 e. The first-order valence-corrected chi connectivity index (χ1v) is 8.09. The van der Waals surface area contributed by atoms with E-state index < -0.39 is 0 Å². The Balaban J connectivity index is 2.00. The number of hydrogen-bond acceptors (Lipinski definition) is 3. The second-order valence-electron chi connectivity index (χ2n) is 5.77. The molecule has 0 aliphatic rings. The molecule has 3 amide bonds. The molecule has 0 heterocycles. The number of carbonyl (C=O) groups is 3. The minimum atomic E-state index is -0.341. The third-order valence-corrected chi connectivity index (χ3v) is 3.89. The van der Waals surface area contributed by atoms with Gasteiger partial charge in [-0.15, -0.1) is 0 Å². The first-order chi connectivity index (χ1) is 12.4. The van der Waals surface area contributed by atoms with Gasteiger partial charge < -0.3 is 16.0 Å². The molecule has 0 saturated heterocycles. The second-order valence-corrected chi connectivity index (χ2v) is 5.77. The zero-order chi connectivity index (χ0) is 19.1. The number of amides is 3. The molecular formula is C20H21N3O3. The Kier molecular flexibility index (Phi) is 6.27. The molecule has 0 bridgehead atoms. The minimum Gasteiger partial charge on any atom is -0.370 e. The quantitative estimate of drug-likeness (QED) is 0.751. The SMILES string of the molecule is C=CC(=O)N(C)c1ccc(C(=O)Nc2ccc(CCC(N)=O)cc2)cc1. The highest BCUT2D eigenvalue weighted by atomic mass is 16.2. The van der Waals surface area contributed by atoms with Crippen molar-refractivity contribution in [1.82, 2.24) is 0 Å². The van der Waals surface area contributed by atoms with Gasteiger partial charge in [0, 0.05) is 30.4 Å². The van der Waals surface area contributed by atoms with Crippen molar-refractivity contribution in [2.45, 2.75) is 12.8 Å². The van der Waals surface area contributed by atoms with Gasteiger partial charge in [-0.05, 0) is 54.5 Å². The van der Waals surface area contributed by atoms with Gasteiger partial charge in [-0.2, -0.15) is 0 Å². The van der Waals surface area contributed by atoms with E-state index in [2.05, 4.69) is 11.9 Å². The first kappa shape index (κ1) is 18.9. The lowest BCUT2D eigenvalue weighted by atomic mass is 10.1. The predicted octanol–water partition coefficient (Wildman–Crippen LogP) is 2.51. The zero-order valence-electron chi connectivity index (χ0n) is 14.6. The topological polar surface area (TPSA) is 92.5 Å². The van der Waals surface area contributed by atoms with E-state index >= 15 is 0 Å². The van der Waals surface area contributed by atoms with Crippen molar-refractivity contribution >= 4 is 29.1 Å². The maximum Gasteiger partial charge on any atom is 0.255 e. The van der Waals surface area contributed by atoms with Crippen LogP contribution in [0.1, 0.15) is 22.3 Å². The van der Waals surface area contributed by atoms with Crippen molar-refractivity contribution in [1.29, 1.82) is 0 Å². The lowest BCUT2D eigenvalue weighted by molar-refractivity contribution is -0.118. The van der Waals surface area contributed by atoms with Crippen LogP contribution in [0.3, 0.4) is 0 Å². The highest BCUT2D eigenvalue weighted by Crippen LogP contribution is 2.16. The van der Waals surface area contributed by atoms with Crippen LogP contribution in [-0.4, -0.2) is 24.8 Å². The van der Waals surface area contributed by atoms with Gasteiger partial charge in [0.25, 0.3) is 5.91 Å². The van der Waals surface area contributed by atoms with Gasteiger partial charge in [-0.3, -0.25) is 14.4 Å². The van der Waals surface area contributed by atoms with Crippen molar-refractivity contribution in [3.63, 3.8) is 0 Å². The van der Waals surface area contributed by atoms with Crippen molar-refractivity contribution in [2.24, 2.45) is 5.73 Å². The van der Waals surface area contributed by atoms with Gasteiger partial charge in [-0.1, -0.05) is 18.7 Å². The van der Waals surface area contributed by atoms with E-state index in [1.54, 1.807) is 43.4 Å². The van der Waals surface area contributed by atoms with Crippen LogP contribution in [0.4, 0.5) is 11.4 Å². The molecule has 3 N–H and O–H groups in total. The fraction of sp³-hybridized carbons (Fsp3) is 0.150. The highest BCUT2D eigenvalue weighted by Gasteiger charge is 2.10. The van der Waals surface area contributed by atoms with E-state index in [-0.39, 0.29) is 17.7 Å². The molecule has 0 atom stereocenters. The van der Waals surface area contributed by atoms with Crippen LogP contribution in [-0.2, 0) is 16.0 Å². The number of primary amides is 1. The molecule has 0 saturated carbocycles. The summed E-state index contributed by atoms with van der Waals surface area (Å²) in [6.07, 6.45) is 2.09. The maximum atomic E-state index is 12.3. The minimum absolute atomic E-state index is 0.223. The fourth-order valence-electron chi connectivity index (χ4n) is 2.33. The van der Waals surface area contributed by atoms with Gasteiger partial charge in [0.1, 0.15) is 0 Å². The Morgan fingerprint density at radius 1 is 1.08 bits per heavy atom. The Labute approximate surface area is 152 Å². The van der Waals surface area contributed by atoms with Crippen LogP contribution in [0.15, 0.2) is 61.2 Å². The van der Waals surface area contributed by atoms with Gasteiger partial charge in [0.05, 0.1) is 0 Å². The Morgan fingerprint density at radius 2 is 1.69 bits per heavy atom. The lowest BCUT2D eigenvalue weighted by Gasteiger charge is -2.15. The number of aryl methyl sites for hydroxylation is 1. The summed E-state index contributed by atoms with van der Waals surface area (Å²) in [6.45, 7) is 3.45. The molecule has 0 aromatic heterocycles. The summed E-state index contributed by atoms with van der Waals surface area (Å²) in [5.74, 6) is -0.816. The van der Waals surface area contributed by atoms with Crippen LogP contribution in [0.25, 0.3) is 0 Å². The molecule has 6 heteroatoms. The molecule has 0 radical (unpaired) electrons. The molecule has 0 unspecified atom stereocenters. The molecule has 0 fully saturated rings. The summed E-state index contributed by atoms with van der Waals surface area (Å²) < 4.78 is 0. The molecule has 26 heavy (non-hydrogen) atoms. The average Bonchev–Trinajstić information content (AvgIpc) is 2.66. The molecule has 0 spiro atoms. The normalized spacial score (nSPS) is 10.0. The van der Waals surface area contributed by atoms with Crippen molar-refractivity contribution in [2.75, 3.05) is 17.3 Å². The maximum absolute atomic E-state index is 12.3. The van der Waals surface area contributed by atoms with Crippen molar-refractivity contribution < 1.29 is 14.4 Å². The van der Waals surface area contributed by atoms with E-state index in [9.17, 15) is 14.4 Å². The van der Waals surface area contributed by atoms with Crippen molar-refractivity contribution in [3.8, 4) is 0 Å². The van der Waals surface area contributed by atoms with Gasteiger partial charge in [0.15, 0.2) is 0 Å². The Bertz CT molecular complexity index is 811. The molecule has 0 aliphatic heterocycles. The van der Waals surface area contributed by atoms with E-state index in [1.807, 2.05) is 12.1 Å². The summed E-state index contributed by atoms with van der Waals surface area (Å²) in [5.41, 5.74) is 7.91. The molecule has 2 rings (SSSR count). The van der Waals surface area contributed by atoms with Gasteiger partial charge >= 0.3 is 0 Å². The van der Waals surface area contributed by atoms with Crippen molar-refractivity contribution in [3.05, 3.63) is 72.3 Å². The standard InChI is InChI=1S/C20H21N3O3/c1-3-19(25)23(2)17-11-7-15(8-12-17)20(26)22-16-9-4-14(5-10-16)6-13-18(21)24/h3-5,7-12H,1,6,13H2,2H3,(H2,21,24)(H,22,26). The Morgan fingerprint density at radius 3 is 2.23 bits per heavy atom. The summed E-state index contributed by atoms with van der Waals surface area (Å²) in [5, 5.41) is 2.81. The number of anilines is 2. The van der Waals surface area contributed by atoms with E-state index in [4.69, 9.17) is 5.73 Å². The average molecular weight is 351 g/mol. The van der Waals surface area contributed by atoms with Crippen LogP contribution in [0.5, 0.6) is 0 Å². The molecule has 0 aliphatic carbocycles. The van der Waals surface area contributed by atoms with E-state index in [0.29, 0.717) is 29.8 Å². The number of nitrogens with one attached hydrogen (secondary N) is 1. The van der Waals surface area contributed by atoms with Crippen LogP contribution >= 0.6 is 0 Å². The molecular weight excluding hydrogens is 330 g/mol. The number of likely N-dealkylation sites (N-methyl/N-ethyl adjacent to an activating group) is 1. The third kappa shape index (κ3) is 5.04. The molecule has 2 aromatic rings. The smallest absolute Gasteiger partial charge is 0.255 e.